The number of carbonyl (C=O) groups excluding carboxylic acids is 1. The molecule has 21 heavy (non-hydrogen) atoms. The van der Waals surface area contributed by atoms with E-state index >= 15 is 0 Å². The molecule has 1 heterocycles. The molecule has 1 aromatic heterocycles. The molecule has 0 bridgehead atoms. The summed E-state index contributed by atoms with van der Waals surface area (Å²) >= 11 is 13.0. The number of fused-ring (bicyclic) bond motifs is 1. The third kappa shape index (κ3) is 3.02. The van der Waals surface area contributed by atoms with Gasteiger partial charge in [0.15, 0.2) is 0 Å². The second-order valence-corrected chi connectivity index (χ2v) is 5.57. The molecule has 0 fully saturated rings. The molecule has 2 N–H and O–H groups in total. The smallest absolute Gasteiger partial charge is 0.326 e. The second-order valence-electron chi connectivity index (χ2n) is 4.23. The van der Waals surface area contributed by atoms with Crippen LogP contribution in [0.2, 0.25) is 10.0 Å². The number of nitrogens with zero attached hydrogens (tertiary/aromatic N) is 3. The first-order valence-corrected chi connectivity index (χ1v) is 7.18. The van der Waals surface area contributed by atoms with E-state index in [1.54, 1.807) is 0 Å². The summed E-state index contributed by atoms with van der Waals surface area (Å²) in [5.41, 5.74) is 1.04. The Morgan fingerprint density at radius 1 is 1.33 bits per heavy atom. The van der Waals surface area contributed by atoms with Gasteiger partial charge < -0.3 is 15.3 Å². The van der Waals surface area contributed by atoms with Crippen molar-refractivity contribution >= 4 is 63.7 Å². The van der Waals surface area contributed by atoms with E-state index in [1.807, 2.05) is 0 Å². The van der Waals surface area contributed by atoms with Gasteiger partial charge >= 0.3 is 12.0 Å². The number of nitrogens with one attached hydrogen (secondary N) is 1. The Hall–Kier alpha value is -1.64. The number of benzene rings is 1. The number of aliphatic carboxylic acids is 1. The minimum atomic E-state index is -1.12. The number of urea groups is 1. The molecule has 1 unspecified atom stereocenters. The Kier molecular flexibility index (Phi) is 4.50. The molecular weight excluding hydrogens is 339 g/mol. The number of halogens is 2. The fraction of sp³-hybridized carbons (Fsp3) is 0.273. The van der Waals surface area contributed by atoms with Crippen LogP contribution in [0.4, 0.5) is 10.5 Å². The largest absolute Gasteiger partial charge is 0.480 e. The molecule has 0 aliphatic heterocycles. The highest BCUT2D eigenvalue weighted by Gasteiger charge is 2.24. The van der Waals surface area contributed by atoms with Crippen LogP contribution in [0.5, 0.6) is 0 Å². The van der Waals surface area contributed by atoms with Crippen LogP contribution in [0.25, 0.3) is 11.0 Å². The van der Waals surface area contributed by atoms with Gasteiger partial charge in [-0.3, -0.25) is 0 Å². The van der Waals surface area contributed by atoms with Crippen LogP contribution >= 0.6 is 34.9 Å². The number of carboxylic acids is 1. The van der Waals surface area contributed by atoms with Crippen molar-refractivity contribution in [3.8, 4) is 0 Å². The van der Waals surface area contributed by atoms with Gasteiger partial charge in [-0.05, 0) is 13.0 Å². The molecule has 2 amide bonds. The van der Waals surface area contributed by atoms with E-state index in [9.17, 15) is 9.59 Å². The highest BCUT2D eigenvalue weighted by Crippen LogP contribution is 2.35. The van der Waals surface area contributed by atoms with Gasteiger partial charge in [0.25, 0.3) is 0 Å². The molecule has 1 atom stereocenters. The predicted molar refractivity (Wildman–Crippen MR) is 81.3 cm³/mol. The van der Waals surface area contributed by atoms with E-state index in [0.29, 0.717) is 16.1 Å². The monoisotopic (exact) mass is 348 g/mol. The van der Waals surface area contributed by atoms with Crippen LogP contribution in [-0.2, 0) is 4.79 Å². The minimum Gasteiger partial charge on any atom is -0.480 e. The summed E-state index contributed by atoms with van der Waals surface area (Å²) in [6, 6.07) is -0.160. The molecule has 0 aliphatic carbocycles. The van der Waals surface area contributed by atoms with Gasteiger partial charge in [-0.25, -0.2) is 9.59 Å². The average Bonchev–Trinajstić information content (AvgIpc) is 2.91. The Morgan fingerprint density at radius 3 is 2.57 bits per heavy atom. The first-order valence-electron chi connectivity index (χ1n) is 5.69. The first-order chi connectivity index (χ1) is 9.82. The normalized spacial score (nSPS) is 12.2. The van der Waals surface area contributed by atoms with Gasteiger partial charge in [-0.1, -0.05) is 23.2 Å². The van der Waals surface area contributed by atoms with E-state index < -0.39 is 18.0 Å². The van der Waals surface area contributed by atoms with E-state index in [4.69, 9.17) is 28.3 Å². The lowest BCUT2D eigenvalue weighted by molar-refractivity contribution is -0.141. The zero-order chi connectivity index (χ0) is 15.7. The predicted octanol–water partition coefficient (Wildman–Crippen LogP) is 2.93. The van der Waals surface area contributed by atoms with Crippen molar-refractivity contribution in [2.24, 2.45) is 0 Å². The maximum Gasteiger partial charge on any atom is 0.326 e. The standard InChI is InChI=1S/C11H10Cl2N4O3S/c1-4(10(18)19)17(2)11(20)14-7-5(12)3-6(13)8-9(7)16-21-15-8/h3-4H,1-2H3,(H,14,20)(H,18,19). The second kappa shape index (κ2) is 6.00. The number of carboxylic acid groups (broad SMARTS) is 1. The van der Waals surface area contributed by atoms with Crippen molar-refractivity contribution in [2.45, 2.75) is 13.0 Å². The summed E-state index contributed by atoms with van der Waals surface area (Å²) in [7, 11) is 1.37. The molecule has 0 saturated carbocycles. The molecular formula is C11H10Cl2N4O3S. The number of anilines is 1. The summed E-state index contributed by atoms with van der Waals surface area (Å²) in [6.45, 7) is 1.39. The van der Waals surface area contributed by atoms with Gasteiger partial charge in [0, 0.05) is 7.05 Å². The van der Waals surface area contributed by atoms with Crippen molar-refractivity contribution in [2.75, 3.05) is 12.4 Å². The van der Waals surface area contributed by atoms with Crippen LogP contribution in [0.1, 0.15) is 6.92 Å². The number of hydrogen-bond donors (Lipinski definition) is 2. The van der Waals surface area contributed by atoms with Crippen molar-refractivity contribution in [3.05, 3.63) is 16.1 Å². The first kappa shape index (κ1) is 15.7. The van der Waals surface area contributed by atoms with E-state index in [2.05, 4.69) is 14.1 Å². The number of rotatable bonds is 3. The topological polar surface area (TPSA) is 95.4 Å². The number of likely N-dealkylation sites (N-methyl/N-ethyl adjacent to an activating group) is 1. The fourth-order valence-electron chi connectivity index (χ4n) is 1.53. The Balaban J connectivity index is 2.34. The van der Waals surface area contributed by atoms with Crippen molar-refractivity contribution in [3.63, 3.8) is 0 Å². The van der Waals surface area contributed by atoms with Crippen molar-refractivity contribution < 1.29 is 14.7 Å². The van der Waals surface area contributed by atoms with Crippen LogP contribution < -0.4 is 5.32 Å². The number of aromatic nitrogens is 2. The molecule has 0 aliphatic rings. The molecule has 2 rings (SSSR count). The van der Waals surface area contributed by atoms with Gasteiger partial charge in [-0.2, -0.15) is 8.75 Å². The summed E-state index contributed by atoms with van der Waals surface area (Å²) in [5.74, 6) is -1.12. The molecule has 0 saturated heterocycles. The summed E-state index contributed by atoms with van der Waals surface area (Å²) < 4.78 is 8.06. The average molecular weight is 349 g/mol. The van der Waals surface area contributed by atoms with E-state index in [0.717, 1.165) is 16.6 Å². The third-order valence-corrected chi connectivity index (χ3v) is 4.05. The number of hydrogen-bond acceptors (Lipinski definition) is 5. The fourth-order valence-corrected chi connectivity index (χ4v) is 2.69. The maximum atomic E-state index is 12.1. The molecule has 0 radical (unpaired) electrons. The van der Waals surface area contributed by atoms with Gasteiger partial charge in [-0.15, -0.1) is 0 Å². The van der Waals surface area contributed by atoms with Crippen LogP contribution in [0.3, 0.4) is 0 Å². The SMILES string of the molecule is CC(C(=O)O)N(C)C(=O)Nc1c(Cl)cc(Cl)c2nsnc12. The molecule has 7 nitrogen and oxygen atoms in total. The third-order valence-electron chi connectivity index (χ3n) is 2.93. The van der Waals surface area contributed by atoms with E-state index in [-0.39, 0.29) is 10.7 Å². The maximum absolute atomic E-state index is 12.1. The Bertz CT molecular complexity index is 721. The molecule has 10 heteroatoms. The van der Waals surface area contributed by atoms with Crippen LogP contribution in [-0.4, -0.2) is 43.8 Å². The quantitative estimate of drug-likeness (QED) is 0.888. The van der Waals surface area contributed by atoms with Crippen molar-refractivity contribution in [1.29, 1.82) is 0 Å². The summed E-state index contributed by atoms with van der Waals surface area (Å²) in [4.78, 5) is 24.0. The highest BCUT2D eigenvalue weighted by molar-refractivity contribution is 7.00. The molecule has 0 spiro atoms. The van der Waals surface area contributed by atoms with Gasteiger partial charge in [0.05, 0.1) is 27.5 Å². The number of carbonyl (C=O) groups is 2. The van der Waals surface area contributed by atoms with Gasteiger partial charge in [0.2, 0.25) is 0 Å². The zero-order valence-electron chi connectivity index (χ0n) is 10.9. The highest BCUT2D eigenvalue weighted by atomic mass is 35.5. The number of amides is 2. The van der Waals surface area contributed by atoms with Gasteiger partial charge in [0.1, 0.15) is 17.1 Å². The van der Waals surface area contributed by atoms with Crippen LogP contribution in [0, 0.1) is 0 Å². The summed E-state index contributed by atoms with van der Waals surface area (Å²) in [5, 5.41) is 12.0. The Labute approximate surface area is 133 Å². The lowest BCUT2D eigenvalue weighted by atomic mass is 10.2. The lowest BCUT2D eigenvalue weighted by Crippen LogP contribution is -2.42. The molecule has 1 aromatic carbocycles. The molecule has 112 valence electrons. The minimum absolute atomic E-state index is 0.199. The summed E-state index contributed by atoms with van der Waals surface area (Å²) in [6.07, 6.45) is 0. The van der Waals surface area contributed by atoms with Crippen molar-refractivity contribution in [1.82, 2.24) is 13.6 Å². The lowest BCUT2D eigenvalue weighted by Gasteiger charge is -2.22. The van der Waals surface area contributed by atoms with Crippen LogP contribution in [0.15, 0.2) is 6.07 Å². The Morgan fingerprint density at radius 2 is 1.95 bits per heavy atom. The zero-order valence-corrected chi connectivity index (χ0v) is 13.3. The molecule has 2 aromatic rings. The van der Waals surface area contributed by atoms with E-state index in [1.165, 1.54) is 20.0 Å².